The van der Waals surface area contributed by atoms with E-state index in [1.54, 1.807) is 0 Å². The van der Waals surface area contributed by atoms with Crippen LogP contribution in [0, 0.1) is 5.41 Å². The molecule has 4 nitrogen and oxygen atoms in total. The molecule has 0 spiro atoms. The van der Waals surface area contributed by atoms with E-state index in [-0.39, 0.29) is 17.9 Å². The van der Waals surface area contributed by atoms with Gasteiger partial charge in [-0.15, -0.1) is 0 Å². The fourth-order valence-corrected chi connectivity index (χ4v) is 1.48. The number of ether oxygens (including phenoxy) is 2. The maximum atomic E-state index is 11.6. The molecule has 0 rings (SSSR count). The molecule has 20 heavy (non-hydrogen) atoms. The van der Waals surface area contributed by atoms with Gasteiger partial charge in [0, 0.05) is 0 Å². The summed E-state index contributed by atoms with van der Waals surface area (Å²) in [5.41, 5.74) is -0.126. The van der Waals surface area contributed by atoms with Gasteiger partial charge in [-0.05, 0) is 18.8 Å². The normalized spacial score (nSPS) is 12.8. The number of hydrogen-bond donors (Lipinski definition) is 0. The number of carbonyl (C=O) groups excluding carboxylic acids is 2. The lowest BCUT2D eigenvalue weighted by atomic mass is 9.90. The topological polar surface area (TPSA) is 52.6 Å². The lowest BCUT2D eigenvalue weighted by Crippen LogP contribution is -2.29. The van der Waals surface area contributed by atoms with Crippen LogP contribution >= 0.6 is 0 Å². The van der Waals surface area contributed by atoms with Crippen molar-refractivity contribution in [2.24, 2.45) is 5.41 Å². The summed E-state index contributed by atoms with van der Waals surface area (Å²) in [6, 6.07) is 0. The second-order valence-corrected chi connectivity index (χ2v) is 6.31. The Labute approximate surface area is 123 Å². The molecule has 0 amide bonds. The Morgan fingerprint density at radius 3 is 2.15 bits per heavy atom. The Morgan fingerprint density at radius 2 is 1.60 bits per heavy atom. The van der Waals surface area contributed by atoms with E-state index >= 15 is 0 Å². The van der Waals surface area contributed by atoms with Gasteiger partial charge in [0.2, 0.25) is 0 Å². The lowest BCUT2D eigenvalue weighted by molar-refractivity contribution is -0.160. The molecule has 0 N–H and O–H groups in total. The molecule has 0 aliphatic rings. The maximum Gasteiger partial charge on any atom is 0.317 e. The van der Waals surface area contributed by atoms with E-state index in [9.17, 15) is 9.59 Å². The molecule has 0 heterocycles. The minimum absolute atomic E-state index is 0.126. The number of hydrogen-bond acceptors (Lipinski definition) is 4. The Hall–Kier alpha value is -1.06. The molecule has 0 aliphatic heterocycles. The molecule has 1 atom stereocenters. The maximum absolute atomic E-state index is 11.6. The zero-order valence-corrected chi connectivity index (χ0v) is 13.7. The highest BCUT2D eigenvalue weighted by Crippen LogP contribution is 2.21. The molecule has 1 unspecified atom stereocenters. The summed E-state index contributed by atoms with van der Waals surface area (Å²) in [6.45, 7) is 10.3. The van der Waals surface area contributed by atoms with Crippen LogP contribution in [0.25, 0.3) is 0 Å². The highest BCUT2D eigenvalue weighted by molar-refractivity contribution is 5.91. The highest BCUT2D eigenvalue weighted by atomic mass is 16.6. The van der Waals surface area contributed by atoms with E-state index in [1.807, 2.05) is 27.7 Å². The predicted molar refractivity (Wildman–Crippen MR) is 79.3 cm³/mol. The number of carbonyl (C=O) groups is 2. The average molecular weight is 286 g/mol. The number of rotatable bonds is 9. The van der Waals surface area contributed by atoms with E-state index in [4.69, 9.17) is 9.47 Å². The van der Waals surface area contributed by atoms with Crippen LogP contribution in [0.3, 0.4) is 0 Å². The van der Waals surface area contributed by atoms with Gasteiger partial charge < -0.3 is 9.47 Å². The third-order valence-electron chi connectivity index (χ3n) is 3.33. The first-order chi connectivity index (χ1) is 9.27. The molecular formula is C16H30O4. The molecule has 0 fully saturated rings. The second-order valence-electron chi connectivity index (χ2n) is 6.31. The fraction of sp³-hybridized carbons (Fsp3) is 0.875. The van der Waals surface area contributed by atoms with Crippen molar-refractivity contribution in [3.63, 3.8) is 0 Å². The van der Waals surface area contributed by atoms with Crippen LogP contribution in [-0.4, -0.2) is 24.6 Å². The van der Waals surface area contributed by atoms with Gasteiger partial charge in [-0.25, -0.2) is 0 Å². The summed E-state index contributed by atoms with van der Waals surface area (Å²) >= 11 is 0. The van der Waals surface area contributed by atoms with Crippen LogP contribution in [0.5, 0.6) is 0 Å². The number of unbranched alkanes of at least 4 members (excludes halogenated alkanes) is 4. The van der Waals surface area contributed by atoms with Gasteiger partial charge in [-0.1, -0.05) is 53.4 Å². The Bertz CT molecular complexity index is 291. The molecule has 0 saturated heterocycles. The van der Waals surface area contributed by atoms with Crippen LogP contribution < -0.4 is 0 Å². The molecular weight excluding hydrogens is 256 g/mol. The van der Waals surface area contributed by atoms with Crippen LogP contribution in [0.1, 0.15) is 73.1 Å². The third-order valence-corrected chi connectivity index (χ3v) is 3.33. The minimum atomic E-state index is -0.511. The monoisotopic (exact) mass is 286 g/mol. The Morgan fingerprint density at radius 1 is 1.00 bits per heavy atom. The first-order valence-corrected chi connectivity index (χ1v) is 7.62. The molecule has 0 aromatic carbocycles. The summed E-state index contributed by atoms with van der Waals surface area (Å²) < 4.78 is 10.2. The molecule has 0 aromatic rings. The summed E-state index contributed by atoms with van der Waals surface area (Å²) in [5.74, 6) is -1.00. The first kappa shape index (κ1) is 18.9. The summed E-state index contributed by atoms with van der Waals surface area (Å²) in [4.78, 5) is 23.0. The van der Waals surface area contributed by atoms with Crippen LogP contribution in [0.2, 0.25) is 0 Å². The molecule has 0 radical (unpaired) electrons. The molecule has 0 bridgehead atoms. The second kappa shape index (κ2) is 9.78. The lowest BCUT2D eigenvalue weighted by Gasteiger charge is -2.26. The van der Waals surface area contributed by atoms with E-state index < -0.39 is 11.9 Å². The van der Waals surface area contributed by atoms with Crippen molar-refractivity contribution in [2.75, 3.05) is 6.61 Å². The van der Waals surface area contributed by atoms with E-state index in [1.165, 1.54) is 19.3 Å². The molecule has 118 valence electrons. The fourth-order valence-electron chi connectivity index (χ4n) is 1.48. The van der Waals surface area contributed by atoms with Crippen molar-refractivity contribution >= 4 is 11.9 Å². The van der Waals surface area contributed by atoms with Gasteiger partial charge in [0.05, 0.1) is 6.61 Å². The first-order valence-electron chi connectivity index (χ1n) is 7.62. The molecule has 4 heteroatoms. The van der Waals surface area contributed by atoms with Crippen LogP contribution in [-0.2, 0) is 19.1 Å². The van der Waals surface area contributed by atoms with Gasteiger partial charge in [-0.2, -0.15) is 0 Å². The molecule has 0 aromatic heterocycles. The Kier molecular flexibility index (Phi) is 9.26. The summed E-state index contributed by atoms with van der Waals surface area (Å²) in [5, 5.41) is 0. The van der Waals surface area contributed by atoms with E-state index in [0.717, 1.165) is 12.8 Å². The van der Waals surface area contributed by atoms with E-state index in [0.29, 0.717) is 6.61 Å². The standard InChI is InChI=1S/C16H30O4/c1-6-7-8-9-10-11-19-14(17)12-15(18)20-13(2)16(3,4)5/h13H,6-12H2,1-5H3. The van der Waals surface area contributed by atoms with Crippen molar-refractivity contribution in [3.05, 3.63) is 0 Å². The van der Waals surface area contributed by atoms with E-state index in [2.05, 4.69) is 6.92 Å². The van der Waals surface area contributed by atoms with Crippen molar-refractivity contribution in [3.8, 4) is 0 Å². The largest absolute Gasteiger partial charge is 0.465 e. The van der Waals surface area contributed by atoms with Crippen molar-refractivity contribution in [1.29, 1.82) is 0 Å². The average Bonchev–Trinajstić information content (AvgIpc) is 2.32. The van der Waals surface area contributed by atoms with Crippen molar-refractivity contribution < 1.29 is 19.1 Å². The van der Waals surface area contributed by atoms with Crippen LogP contribution in [0.4, 0.5) is 0 Å². The minimum Gasteiger partial charge on any atom is -0.465 e. The van der Waals surface area contributed by atoms with Crippen LogP contribution in [0.15, 0.2) is 0 Å². The van der Waals surface area contributed by atoms with Gasteiger partial charge in [0.15, 0.2) is 0 Å². The van der Waals surface area contributed by atoms with Gasteiger partial charge in [0.25, 0.3) is 0 Å². The third kappa shape index (κ3) is 9.82. The SMILES string of the molecule is CCCCCCCOC(=O)CC(=O)OC(C)C(C)(C)C. The summed E-state index contributed by atoms with van der Waals surface area (Å²) in [7, 11) is 0. The molecule has 0 aliphatic carbocycles. The number of esters is 2. The quantitative estimate of drug-likeness (QED) is 0.367. The van der Waals surface area contributed by atoms with Crippen molar-refractivity contribution in [2.45, 2.75) is 79.2 Å². The Balaban J connectivity index is 3.73. The van der Waals surface area contributed by atoms with Gasteiger partial charge in [-0.3, -0.25) is 9.59 Å². The van der Waals surface area contributed by atoms with Crippen molar-refractivity contribution in [1.82, 2.24) is 0 Å². The predicted octanol–water partition coefficient (Wildman–Crippen LogP) is 3.87. The smallest absolute Gasteiger partial charge is 0.317 e. The highest BCUT2D eigenvalue weighted by Gasteiger charge is 2.24. The summed E-state index contributed by atoms with van der Waals surface area (Å²) in [6.07, 6.45) is 4.97. The van der Waals surface area contributed by atoms with Gasteiger partial charge in [0.1, 0.15) is 12.5 Å². The molecule has 0 saturated carbocycles. The zero-order chi connectivity index (χ0) is 15.6. The zero-order valence-electron chi connectivity index (χ0n) is 13.7. The van der Waals surface area contributed by atoms with Gasteiger partial charge >= 0.3 is 11.9 Å².